The third-order valence-electron chi connectivity index (χ3n) is 7.63. The van der Waals surface area contributed by atoms with Gasteiger partial charge in [0.1, 0.15) is 24.7 Å². The lowest BCUT2D eigenvalue weighted by Gasteiger charge is -2.22. The smallest absolute Gasteiger partial charge is 0.407 e. The second-order valence-corrected chi connectivity index (χ2v) is 12.6. The summed E-state index contributed by atoms with van der Waals surface area (Å²) in [5, 5.41) is 23.8. The first-order valence-electron chi connectivity index (χ1n) is 14.6. The van der Waals surface area contributed by atoms with Gasteiger partial charge in [0.15, 0.2) is 11.5 Å². The predicted octanol–water partition coefficient (Wildman–Crippen LogP) is 3.36. The SMILES string of the molecule is CC1(C)Oc2ccc(C[C@H](NC(=O)OCC3c4ccccc4-c4ccccc43)C(=O)N[C@@H](CSC[C@H](N)C(=O)O)C(=O)O)cc2O1. The van der Waals surface area contributed by atoms with Gasteiger partial charge >= 0.3 is 18.0 Å². The summed E-state index contributed by atoms with van der Waals surface area (Å²) in [6, 6.07) is 17.1. The molecular weight excluding hydrogens is 614 g/mol. The van der Waals surface area contributed by atoms with Crippen LogP contribution in [0.5, 0.6) is 11.5 Å². The first-order valence-corrected chi connectivity index (χ1v) is 15.8. The highest BCUT2D eigenvalue weighted by Crippen LogP contribution is 2.44. The molecule has 12 nitrogen and oxygen atoms in total. The van der Waals surface area contributed by atoms with Gasteiger partial charge in [-0.3, -0.25) is 9.59 Å². The molecule has 3 atom stereocenters. The Kier molecular flexibility index (Phi) is 9.73. The molecule has 0 saturated heterocycles. The van der Waals surface area contributed by atoms with Crippen LogP contribution in [0.15, 0.2) is 66.7 Å². The molecule has 1 aliphatic heterocycles. The molecule has 1 heterocycles. The van der Waals surface area contributed by atoms with Crippen molar-refractivity contribution in [2.24, 2.45) is 5.73 Å². The Labute approximate surface area is 269 Å². The summed E-state index contributed by atoms with van der Waals surface area (Å²) in [5.41, 5.74) is 10.3. The maximum absolute atomic E-state index is 13.5. The first kappa shape index (κ1) is 32.6. The summed E-state index contributed by atoms with van der Waals surface area (Å²) < 4.78 is 17.2. The number of nitrogens with two attached hydrogens (primary N) is 1. The highest BCUT2D eigenvalue weighted by Gasteiger charge is 2.34. The van der Waals surface area contributed by atoms with Crippen LogP contribution in [0.25, 0.3) is 11.1 Å². The zero-order chi connectivity index (χ0) is 33.0. The van der Waals surface area contributed by atoms with Gasteiger partial charge < -0.3 is 40.8 Å². The van der Waals surface area contributed by atoms with Crippen LogP contribution in [0.4, 0.5) is 4.79 Å². The van der Waals surface area contributed by atoms with Crippen LogP contribution in [0.1, 0.15) is 36.5 Å². The van der Waals surface area contributed by atoms with Crippen molar-refractivity contribution in [3.63, 3.8) is 0 Å². The van der Waals surface area contributed by atoms with Crippen molar-refractivity contribution < 1.29 is 43.6 Å². The zero-order valence-corrected chi connectivity index (χ0v) is 26.0. The van der Waals surface area contributed by atoms with E-state index in [1.54, 1.807) is 32.0 Å². The monoisotopic (exact) mass is 649 g/mol. The second-order valence-electron chi connectivity index (χ2n) is 11.5. The van der Waals surface area contributed by atoms with Crippen molar-refractivity contribution in [1.29, 1.82) is 0 Å². The van der Waals surface area contributed by atoms with Gasteiger partial charge in [0, 0.05) is 37.7 Å². The molecule has 2 aliphatic rings. The van der Waals surface area contributed by atoms with Crippen LogP contribution in [0.3, 0.4) is 0 Å². The van der Waals surface area contributed by atoms with Gasteiger partial charge in [-0.05, 0) is 39.9 Å². The Bertz CT molecular complexity index is 1600. The normalized spacial score (nSPS) is 16.0. The number of carboxylic acids is 2. The lowest BCUT2D eigenvalue weighted by molar-refractivity contribution is -0.141. The van der Waals surface area contributed by atoms with Crippen molar-refractivity contribution >= 4 is 35.7 Å². The molecule has 0 unspecified atom stereocenters. The number of ether oxygens (including phenoxy) is 3. The summed E-state index contributed by atoms with van der Waals surface area (Å²) in [4.78, 5) is 49.7. The molecule has 6 N–H and O–H groups in total. The van der Waals surface area contributed by atoms with E-state index in [4.69, 9.17) is 25.1 Å². The molecule has 46 heavy (non-hydrogen) atoms. The summed E-state index contributed by atoms with van der Waals surface area (Å²) >= 11 is 0.978. The first-order chi connectivity index (χ1) is 21.9. The van der Waals surface area contributed by atoms with E-state index in [0.717, 1.165) is 34.0 Å². The standard InChI is InChI=1S/C33H35N3O9S/c1-33(2)44-27-12-11-18(14-28(27)45-33)13-25(29(37)35-26(31(40)41)17-46-16-24(34)30(38)39)36-32(42)43-15-23-21-9-5-3-7-19(21)20-8-4-6-10-22(20)23/h3-12,14,23-26H,13,15-17,34H2,1-2H3,(H,35,37)(H,36,42)(H,38,39)(H,40,41)/t24-,25-,26-/m0/s1. The van der Waals surface area contributed by atoms with Gasteiger partial charge in [-0.25, -0.2) is 9.59 Å². The summed E-state index contributed by atoms with van der Waals surface area (Å²) in [5.74, 6) is -3.57. The second kappa shape index (κ2) is 13.7. The number of carbonyl (C=O) groups excluding carboxylic acids is 2. The number of nitrogens with one attached hydrogen (secondary N) is 2. The van der Waals surface area contributed by atoms with E-state index in [0.29, 0.717) is 17.1 Å². The Morgan fingerprint density at radius 1 is 0.870 bits per heavy atom. The van der Waals surface area contributed by atoms with E-state index in [1.165, 1.54) is 0 Å². The third-order valence-corrected chi connectivity index (χ3v) is 8.79. The highest BCUT2D eigenvalue weighted by molar-refractivity contribution is 7.99. The highest BCUT2D eigenvalue weighted by atomic mass is 32.2. The van der Waals surface area contributed by atoms with Crippen molar-refractivity contribution in [3.05, 3.63) is 83.4 Å². The van der Waals surface area contributed by atoms with Gasteiger partial charge in [-0.1, -0.05) is 54.6 Å². The van der Waals surface area contributed by atoms with Gasteiger partial charge in [0.05, 0.1) is 0 Å². The molecule has 0 fully saturated rings. The average Bonchev–Trinajstić information content (AvgIpc) is 3.50. The number of benzene rings is 3. The number of carbonyl (C=O) groups is 4. The molecule has 5 rings (SSSR count). The fourth-order valence-electron chi connectivity index (χ4n) is 5.45. The van der Waals surface area contributed by atoms with Gasteiger partial charge in [-0.15, -0.1) is 0 Å². The summed E-state index contributed by atoms with van der Waals surface area (Å²) in [6.45, 7) is 3.54. The molecule has 13 heteroatoms. The summed E-state index contributed by atoms with van der Waals surface area (Å²) in [6.07, 6.45) is -0.867. The minimum absolute atomic E-state index is 0.0174. The average molecular weight is 650 g/mol. The predicted molar refractivity (Wildman–Crippen MR) is 170 cm³/mol. The molecule has 0 spiro atoms. The molecule has 0 saturated carbocycles. The summed E-state index contributed by atoms with van der Waals surface area (Å²) in [7, 11) is 0. The Morgan fingerprint density at radius 2 is 1.50 bits per heavy atom. The number of hydrogen-bond donors (Lipinski definition) is 5. The van der Waals surface area contributed by atoms with E-state index in [9.17, 15) is 24.3 Å². The van der Waals surface area contributed by atoms with E-state index in [2.05, 4.69) is 10.6 Å². The van der Waals surface area contributed by atoms with Crippen LogP contribution in [-0.2, 0) is 25.5 Å². The molecule has 242 valence electrons. The van der Waals surface area contributed by atoms with Crippen molar-refractivity contribution in [2.45, 2.75) is 50.1 Å². The van der Waals surface area contributed by atoms with Crippen molar-refractivity contribution in [2.75, 3.05) is 18.1 Å². The van der Waals surface area contributed by atoms with Gasteiger partial charge in [0.2, 0.25) is 11.7 Å². The van der Waals surface area contributed by atoms with E-state index in [-0.39, 0.29) is 30.5 Å². The number of rotatable bonds is 13. The number of fused-ring (bicyclic) bond motifs is 4. The number of amides is 2. The lowest BCUT2D eigenvalue weighted by atomic mass is 9.98. The number of aliphatic carboxylic acids is 2. The van der Waals surface area contributed by atoms with Crippen LogP contribution in [-0.4, -0.2) is 76.2 Å². The minimum atomic E-state index is -1.37. The molecule has 3 aromatic carbocycles. The Balaban J connectivity index is 1.30. The van der Waals surface area contributed by atoms with E-state index in [1.807, 2.05) is 48.5 Å². The number of carboxylic acid groups (broad SMARTS) is 2. The molecule has 0 bridgehead atoms. The van der Waals surface area contributed by atoms with Gasteiger partial charge in [0.25, 0.3) is 0 Å². The Morgan fingerprint density at radius 3 is 2.13 bits per heavy atom. The topological polar surface area (TPSA) is 187 Å². The number of thioether (sulfide) groups is 1. The quantitative estimate of drug-likeness (QED) is 0.183. The zero-order valence-electron chi connectivity index (χ0n) is 25.2. The van der Waals surface area contributed by atoms with Crippen molar-refractivity contribution in [3.8, 4) is 22.6 Å². The maximum Gasteiger partial charge on any atom is 0.407 e. The van der Waals surface area contributed by atoms with Crippen molar-refractivity contribution in [1.82, 2.24) is 10.6 Å². The third kappa shape index (κ3) is 7.54. The van der Waals surface area contributed by atoms with Gasteiger partial charge in [-0.2, -0.15) is 11.8 Å². The molecule has 0 aromatic heterocycles. The van der Waals surface area contributed by atoms with Crippen LogP contribution >= 0.6 is 11.8 Å². The molecule has 2 amide bonds. The van der Waals surface area contributed by atoms with Crippen LogP contribution < -0.4 is 25.8 Å². The molecule has 0 radical (unpaired) electrons. The van der Waals surface area contributed by atoms with Crippen LogP contribution in [0.2, 0.25) is 0 Å². The maximum atomic E-state index is 13.5. The largest absolute Gasteiger partial charge is 0.480 e. The molecular formula is C33H35N3O9S. The number of hydrogen-bond acceptors (Lipinski definition) is 9. The minimum Gasteiger partial charge on any atom is -0.480 e. The number of alkyl carbamates (subject to hydrolysis) is 1. The molecule has 3 aromatic rings. The fraction of sp³-hybridized carbons (Fsp3) is 0.333. The molecule has 1 aliphatic carbocycles. The Hall–Kier alpha value is -4.75. The van der Waals surface area contributed by atoms with E-state index >= 15 is 0 Å². The fourth-order valence-corrected chi connectivity index (χ4v) is 6.45. The van der Waals surface area contributed by atoms with Crippen LogP contribution in [0, 0.1) is 0 Å². The van der Waals surface area contributed by atoms with E-state index < -0.39 is 47.9 Å². The lowest BCUT2D eigenvalue weighted by Crippen LogP contribution is -2.53.